The number of nitrogens with zero attached hydrogens (tertiary/aromatic N) is 3. The first-order valence-corrected chi connectivity index (χ1v) is 11.4. The molecule has 1 fully saturated rings. The van der Waals surface area contributed by atoms with Crippen molar-refractivity contribution in [1.82, 2.24) is 9.88 Å². The standard InChI is InChI=1S/C25H26ClN5O3/c1-34-20-7-4-6-18(16-20)24(32)31-13-5-12-30(14-15-31)23-11-10-19(17-27-23)28-25(33)29-22-9-3-2-8-21(22)26/h2-4,6-11,16-17H,5,12-15H2,1H3,(H2,28,29,33). The van der Waals surface area contributed by atoms with E-state index in [4.69, 9.17) is 16.3 Å². The first-order valence-electron chi connectivity index (χ1n) is 11.0. The lowest BCUT2D eigenvalue weighted by atomic mass is 10.2. The molecule has 2 N–H and O–H groups in total. The van der Waals surface area contributed by atoms with E-state index in [0.717, 1.165) is 18.8 Å². The van der Waals surface area contributed by atoms with E-state index in [1.54, 1.807) is 49.7 Å². The first-order chi connectivity index (χ1) is 16.5. The average Bonchev–Trinajstić information content (AvgIpc) is 3.12. The van der Waals surface area contributed by atoms with Gasteiger partial charge in [0.1, 0.15) is 11.6 Å². The van der Waals surface area contributed by atoms with Gasteiger partial charge in [0, 0.05) is 31.7 Å². The molecule has 0 atom stereocenters. The highest BCUT2D eigenvalue weighted by Gasteiger charge is 2.21. The van der Waals surface area contributed by atoms with Crippen LogP contribution in [0.1, 0.15) is 16.8 Å². The van der Waals surface area contributed by atoms with Crippen LogP contribution in [0.3, 0.4) is 0 Å². The fraction of sp³-hybridized carbons (Fsp3) is 0.240. The average molecular weight is 480 g/mol. The number of hydrogen-bond donors (Lipinski definition) is 2. The van der Waals surface area contributed by atoms with E-state index in [1.807, 2.05) is 29.2 Å². The smallest absolute Gasteiger partial charge is 0.323 e. The highest BCUT2D eigenvalue weighted by molar-refractivity contribution is 6.33. The monoisotopic (exact) mass is 479 g/mol. The summed E-state index contributed by atoms with van der Waals surface area (Å²) in [6.07, 6.45) is 2.45. The Hall–Kier alpha value is -3.78. The Balaban J connectivity index is 1.33. The Morgan fingerprint density at radius 3 is 2.59 bits per heavy atom. The fourth-order valence-corrected chi connectivity index (χ4v) is 3.97. The van der Waals surface area contributed by atoms with Crippen molar-refractivity contribution >= 4 is 40.7 Å². The maximum absolute atomic E-state index is 12.9. The van der Waals surface area contributed by atoms with Crippen LogP contribution < -0.4 is 20.3 Å². The van der Waals surface area contributed by atoms with Crippen molar-refractivity contribution in [2.24, 2.45) is 0 Å². The second-order valence-electron chi connectivity index (χ2n) is 7.83. The zero-order valence-corrected chi connectivity index (χ0v) is 19.6. The van der Waals surface area contributed by atoms with Crippen molar-refractivity contribution in [3.05, 3.63) is 77.4 Å². The number of ether oxygens (including phenoxy) is 1. The number of amides is 3. The number of methoxy groups -OCH3 is 1. The quantitative estimate of drug-likeness (QED) is 0.552. The first kappa shape index (κ1) is 23.4. The lowest BCUT2D eigenvalue weighted by Gasteiger charge is -2.23. The molecule has 8 nitrogen and oxygen atoms in total. The van der Waals surface area contributed by atoms with Crippen molar-refractivity contribution in [1.29, 1.82) is 0 Å². The minimum atomic E-state index is -0.399. The van der Waals surface area contributed by atoms with Gasteiger partial charge in [-0.2, -0.15) is 0 Å². The van der Waals surface area contributed by atoms with Crippen LogP contribution in [-0.4, -0.2) is 55.1 Å². The number of urea groups is 1. The summed E-state index contributed by atoms with van der Waals surface area (Å²) in [6, 6.07) is 17.5. The third kappa shape index (κ3) is 5.77. The van der Waals surface area contributed by atoms with E-state index in [0.29, 0.717) is 47.3 Å². The molecular formula is C25H26ClN5O3. The van der Waals surface area contributed by atoms with Crippen molar-refractivity contribution in [3.63, 3.8) is 0 Å². The number of anilines is 3. The molecule has 0 radical (unpaired) electrons. The van der Waals surface area contributed by atoms with Crippen molar-refractivity contribution in [3.8, 4) is 5.75 Å². The molecule has 0 bridgehead atoms. The van der Waals surface area contributed by atoms with Crippen molar-refractivity contribution in [2.45, 2.75) is 6.42 Å². The Morgan fingerprint density at radius 1 is 0.971 bits per heavy atom. The van der Waals surface area contributed by atoms with E-state index in [9.17, 15) is 9.59 Å². The van der Waals surface area contributed by atoms with Crippen LogP contribution >= 0.6 is 11.6 Å². The molecule has 2 aromatic carbocycles. The molecule has 1 aliphatic rings. The Bertz CT molecular complexity index is 1160. The second kappa shape index (κ2) is 10.9. The van der Waals surface area contributed by atoms with E-state index < -0.39 is 6.03 Å². The number of hydrogen-bond acceptors (Lipinski definition) is 5. The zero-order chi connectivity index (χ0) is 23.9. The summed E-state index contributed by atoms with van der Waals surface area (Å²) in [5, 5.41) is 5.94. The highest BCUT2D eigenvalue weighted by atomic mass is 35.5. The summed E-state index contributed by atoms with van der Waals surface area (Å²) in [5.74, 6) is 1.46. The number of nitrogens with one attached hydrogen (secondary N) is 2. The number of halogens is 1. The molecule has 1 aromatic heterocycles. The summed E-state index contributed by atoms with van der Waals surface area (Å²) in [4.78, 5) is 33.7. The van der Waals surface area contributed by atoms with Crippen molar-refractivity contribution in [2.75, 3.05) is 48.8 Å². The highest BCUT2D eigenvalue weighted by Crippen LogP contribution is 2.22. The van der Waals surface area contributed by atoms with Crippen LogP contribution in [-0.2, 0) is 0 Å². The predicted octanol–water partition coefficient (Wildman–Crippen LogP) is 4.74. The minimum Gasteiger partial charge on any atom is -0.497 e. The molecule has 0 spiro atoms. The maximum Gasteiger partial charge on any atom is 0.323 e. The second-order valence-corrected chi connectivity index (χ2v) is 8.24. The number of carbonyl (C=O) groups is 2. The summed E-state index contributed by atoms with van der Waals surface area (Å²) < 4.78 is 5.24. The molecule has 176 valence electrons. The minimum absolute atomic E-state index is 0.00205. The molecule has 3 aromatic rings. The molecule has 1 saturated heterocycles. The van der Waals surface area contributed by atoms with Gasteiger partial charge in [-0.1, -0.05) is 29.8 Å². The van der Waals surface area contributed by atoms with Crippen LogP contribution in [0.5, 0.6) is 5.75 Å². The van der Waals surface area contributed by atoms with Crippen LogP contribution in [0, 0.1) is 0 Å². The number of carbonyl (C=O) groups excluding carboxylic acids is 2. The van der Waals surface area contributed by atoms with Crippen LogP contribution in [0.2, 0.25) is 5.02 Å². The van der Waals surface area contributed by atoms with Gasteiger partial charge in [0.05, 0.1) is 29.7 Å². The molecule has 0 aliphatic carbocycles. The molecule has 34 heavy (non-hydrogen) atoms. The van der Waals surface area contributed by atoms with Gasteiger partial charge in [0.15, 0.2) is 0 Å². The van der Waals surface area contributed by atoms with Gasteiger partial charge in [-0.25, -0.2) is 9.78 Å². The summed E-state index contributed by atoms with van der Waals surface area (Å²) in [6.45, 7) is 2.73. The SMILES string of the molecule is COc1cccc(C(=O)N2CCCN(c3ccc(NC(=O)Nc4ccccc4Cl)cn3)CC2)c1. The number of rotatable bonds is 5. The Labute approximate surface area is 203 Å². The van der Waals surface area contributed by atoms with E-state index in [-0.39, 0.29) is 5.91 Å². The van der Waals surface area contributed by atoms with Gasteiger partial charge >= 0.3 is 6.03 Å². The Kier molecular flexibility index (Phi) is 7.49. The molecule has 4 rings (SSSR count). The molecule has 0 saturated carbocycles. The van der Waals surface area contributed by atoms with E-state index >= 15 is 0 Å². The van der Waals surface area contributed by atoms with Gasteiger partial charge in [0.25, 0.3) is 5.91 Å². The van der Waals surface area contributed by atoms with Crippen molar-refractivity contribution < 1.29 is 14.3 Å². The molecular weight excluding hydrogens is 454 g/mol. The molecule has 3 amide bonds. The number of benzene rings is 2. The number of pyridine rings is 1. The molecule has 0 unspecified atom stereocenters. The van der Waals surface area contributed by atoms with Gasteiger partial charge in [0.2, 0.25) is 0 Å². The van der Waals surface area contributed by atoms with Gasteiger partial charge in [-0.05, 0) is 48.9 Å². The summed E-state index contributed by atoms with van der Waals surface area (Å²) in [5.41, 5.74) is 1.72. The number of aromatic nitrogens is 1. The maximum atomic E-state index is 12.9. The van der Waals surface area contributed by atoms with Crippen LogP contribution in [0.15, 0.2) is 66.9 Å². The Morgan fingerprint density at radius 2 is 1.82 bits per heavy atom. The van der Waals surface area contributed by atoms with Gasteiger partial charge < -0.3 is 25.2 Å². The van der Waals surface area contributed by atoms with Crippen LogP contribution in [0.4, 0.5) is 22.0 Å². The lowest BCUT2D eigenvalue weighted by Crippen LogP contribution is -2.35. The third-order valence-electron chi connectivity index (χ3n) is 5.55. The predicted molar refractivity (Wildman–Crippen MR) is 134 cm³/mol. The fourth-order valence-electron chi connectivity index (χ4n) is 3.78. The lowest BCUT2D eigenvalue weighted by molar-refractivity contribution is 0.0766. The normalized spacial score (nSPS) is 13.7. The van der Waals surface area contributed by atoms with E-state index in [1.165, 1.54) is 0 Å². The topological polar surface area (TPSA) is 86.8 Å². The molecule has 9 heteroatoms. The van der Waals surface area contributed by atoms with Gasteiger partial charge in [-0.15, -0.1) is 0 Å². The largest absolute Gasteiger partial charge is 0.497 e. The third-order valence-corrected chi connectivity index (χ3v) is 5.88. The van der Waals surface area contributed by atoms with Crippen LogP contribution in [0.25, 0.3) is 0 Å². The molecule has 1 aliphatic heterocycles. The number of para-hydroxylation sites is 1. The van der Waals surface area contributed by atoms with E-state index in [2.05, 4.69) is 20.5 Å². The molecule has 2 heterocycles. The van der Waals surface area contributed by atoms with Gasteiger partial charge in [-0.3, -0.25) is 4.79 Å². The zero-order valence-electron chi connectivity index (χ0n) is 18.8. The summed E-state index contributed by atoms with van der Waals surface area (Å²) in [7, 11) is 1.59. The summed E-state index contributed by atoms with van der Waals surface area (Å²) >= 11 is 6.08.